The molecule has 1 aliphatic carbocycles. The second-order valence-corrected chi connectivity index (χ2v) is 6.35. The molecular formula is C17H36IN3O2. The average Bonchev–Trinajstić information content (AvgIpc) is 3.30. The van der Waals surface area contributed by atoms with E-state index in [1.54, 1.807) is 0 Å². The van der Waals surface area contributed by atoms with Crippen LogP contribution in [-0.2, 0) is 9.47 Å². The molecule has 23 heavy (non-hydrogen) atoms. The number of halogens is 1. The summed E-state index contributed by atoms with van der Waals surface area (Å²) in [6.45, 7) is 12.3. The van der Waals surface area contributed by atoms with E-state index in [1.165, 1.54) is 12.8 Å². The first-order chi connectivity index (χ1) is 10.7. The monoisotopic (exact) mass is 441 g/mol. The summed E-state index contributed by atoms with van der Waals surface area (Å²) in [6, 6.07) is 0. The van der Waals surface area contributed by atoms with Crippen molar-refractivity contribution in [2.24, 2.45) is 16.8 Å². The highest BCUT2D eigenvalue weighted by Gasteiger charge is 2.20. The molecule has 0 amide bonds. The molecule has 0 spiro atoms. The van der Waals surface area contributed by atoms with Crippen LogP contribution in [-0.4, -0.2) is 52.0 Å². The smallest absolute Gasteiger partial charge is 0.191 e. The third kappa shape index (κ3) is 15.2. The topological polar surface area (TPSA) is 54.9 Å². The number of hydrogen-bond donors (Lipinski definition) is 2. The van der Waals surface area contributed by atoms with Crippen molar-refractivity contribution in [1.29, 1.82) is 0 Å². The van der Waals surface area contributed by atoms with Gasteiger partial charge in [-0.2, -0.15) is 0 Å². The Kier molecular flexibility index (Phi) is 15.4. The average molecular weight is 441 g/mol. The molecule has 0 heterocycles. The molecule has 138 valence electrons. The number of rotatable bonds is 13. The Hall–Kier alpha value is -0.0800. The highest BCUT2D eigenvalue weighted by molar-refractivity contribution is 14.0. The van der Waals surface area contributed by atoms with E-state index in [0.717, 1.165) is 70.8 Å². The fraction of sp³-hybridized carbons (Fsp3) is 0.941. The van der Waals surface area contributed by atoms with Gasteiger partial charge in [-0.25, -0.2) is 0 Å². The molecule has 5 nitrogen and oxygen atoms in total. The Bertz CT molecular complexity index is 298. The van der Waals surface area contributed by atoms with Crippen LogP contribution in [0.25, 0.3) is 0 Å². The minimum absolute atomic E-state index is 0. The molecule has 1 fully saturated rings. The number of aliphatic imine (C=N–C) groups is 1. The van der Waals surface area contributed by atoms with E-state index >= 15 is 0 Å². The van der Waals surface area contributed by atoms with Crippen LogP contribution in [0.15, 0.2) is 4.99 Å². The van der Waals surface area contributed by atoms with E-state index in [9.17, 15) is 0 Å². The maximum absolute atomic E-state index is 5.61. The van der Waals surface area contributed by atoms with Crippen LogP contribution in [0.2, 0.25) is 0 Å². The van der Waals surface area contributed by atoms with Crippen LogP contribution in [0.1, 0.15) is 46.5 Å². The quantitative estimate of drug-likeness (QED) is 0.200. The van der Waals surface area contributed by atoms with Gasteiger partial charge in [0, 0.05) is 39.5 Å². The van der Waals surface area contributed by atoms with Crippen molar-refractivity contribution in [3.05, 3.63) is 0 Å². The Morgan fingerprint density at radius 3 is 2.57 bits per heavy atom. The Balaban J connectivity index is 0.00000484. The molecule has 0 aromatic rings. The van der Waals surface area contributed by atoms with Gasteiger partial charge in [-0.15, -0.1) is 24.0 Å². The molecule has 1 saturated carbocycles. The lowest BCUT2D eigenvalue weighted by Crippen LogP contribution is -2.39. The Morgan fingerprint density at radius 2 is 1.91 bits per heavy atom. The molecule has 0 atom stereocenters. The summed E-state index contributed by atoms with van der Waals surface area (Å²) in [6.07, 6.45) is 4.81. The summed E-state index contributed by atoms with van der Waals surface area (Å²) in [5, 5.41) is 6.55. The predicted molar refractivity (Wildman–Crippen MR) is 108 cm³/mol. The molecule has 1 rings (SSSR count). The lowest BCUT2D eigenvalue weighted by atomic mass is 10.1. The molecule has 1 aliphatic rings. The molecule has 0 unspecified atom stereocenters. The minimum Gasteiger partial charge on any atom is -0.381 e. The van der Waals surface area contributed by atoms with Crippen molar-refractivity contribution in [2.45, 2.75) is 46.5 Å². The number of hydrogen-bond acceptors (Lipinski definition) is 3. The Labute approximate surface area is 159 Å². The zero-order valence-electron chi connectivity index (χ0n) is 15.1. The number of ether oxygens (including phenoxy) is 2. The van der Waals surface area contributed by atoms with E-state index < -0.39 is 0 Å². The SMILES string of the molecule is CCNC(=NCCCOCC1CC1)NCCOCCC(C)C.I. The van der Waals surface area contributed by atoms with Gasteiger partial charge in [0.05, 0.1) is 6.61 Å². The fourth-order valence-electron chi connectivity index (χ4n) is 1.90. The third-order valence-electron chi connectivity index (χ3n) is 3.49. The van der Waals surface area contributed by atoms with Crippen LogP contribution in [0, 0.1) is 11.8 Å². The fourth-order valence-corrected chi connectivity index (χ4v) is 1.90. The van der Waals surface area contributed by atoms with Crippen molar-refractivity contribution in [2.75, 3.05) is 46.1 Å². The van der Waals surface area contributed by atoms with Gasteiger partial charge in [-0.1, -0.05) is 13.8 Å². The van der Waals surface area contributed by atoms with Crippen molar-refractivity contribution in [3.63, 3.8) is 0 Å². The number of nitrogens with zero attached hydrogens (tertiary/aromatic N) is 1. The predicted octanol–water partition coefficient (Wildman–Crippen LogP) is 3.04. The van der Waals surface area contributed by atoms with E-state index in [0.29, 0.717) is 5.92 Å². The molecule has 0 bridgehead atoms. The van der Waals surface area contributed by atoms with E-state index in [4.69, 9.17) is 9.47 Å². The normalized spacial score (nSPS) is 14.7. The van der Waals surface area contributed by atoms with Gasteiger partial charge < -0.3 is 20.1 Å². The largest absolute Gasteiger partial charge is 0.381 e. The van der Waals surface area contributed by atoms with Gasteiger partial charge in [-0.3, -0.25) is 4.99 Å². The van der Waals surface area contributed by atoms with Gasteiger partial charge in [0.1, 0.15) is 0 Å². The van der Waals surface area contributed by atoms with Gasteiger partial charge in [-0.05, 0) is 44.4 Å². The van der Waals surface area contributed by atoms with Gasteiger partial charge >= 0.3 is 0 Å². The molecule has 0 aromatic carbocycles. The minimum atomic E-state index is 0. The molecule has 0 aliphatic heterocycles. The first kappa shape index (κ1) is 22.9. The van der Waals surface area contributed by atoms with Crippen LogP contribution < -0.4 is 10.6 Å². The standard InChI is InChI=1S/C17H35N3O2.HI/c1-4-18-17(20-10-13-21-12-8-15(2)3)19-9-5-11-22-14-16-6-7-16;/h15-16H,4-14H2,1-3H3,(H2,18,19,20);1H. The summed E-state index contributed by atoms with van der Waals surface area (Å²) in [5.74, 6) is 2.42. The van der Waals surface area contributed by atoms with Crippen LogP contribution in [0.3, 0.4) is 0 Å². The van der Waals surface area contributed by atoms with Crippen LogP contribution in [0.4, 0.5) is 0 Å². The molecule has 0 radical (unpaired) electrons. The van der Waals surface area contributed by atoms with Crippen LogP contribution in [0.5, 0.6) is 0 Å². The first-order valence-electron chi connectivity index (χ1n) is 8.90. The Morgan fingerprint density at radius 1 is 1.13 bits per heavy atom. The zero-order chi connectivity index (χ0) is 16.0. The lowest BCUT2D eigenvalue weighted by molar-refractivity contribution is 0.123. The maximum Gasteiger partial charge on any atom is 0.191 e. The molecular weight excluding hydrogens is 405 g/mol. The first-order valence-corrected chi connectivity index (χ1v) is 8.90. The summed E-state index contributed by atoms with van der Waals surface area (Å²) in [4.78, 5) is 4.55. The molecule has 0 saturated heterocycles. The van der Waals surface area contributed by atoms with E-state index in [1.807, 2.05) is 0 Å². The third-order valence-corrected chi connectivity index (χ3v) is 3.49. The molecule has 0 aromatic heterocycles. The zero-order valence-corrected chi connectivity index (χ0v) is 17.4. The van der Waals surface area contributed by atoms with Crippen molar-refractivity contribution in [1.82, 2.24) is 10.6 Å². The summed E-state index contributed by atoms with van der Waals surface area (Å²) < 4.78 is 11.2. The van der Waals surface area contributed by atoms with E-state index in [2.05, 4.69) is 36.4 Å². The summed E-state index contributed by atoms with van der Waals surface area (Å²) >= 11 is 0. The maximum atomic E-state index is 5.61. The van der Waals surface area contributed by atoms with Gasteiger partial charge in [0.2, 0.25) is 0 Å². The number of guanidine groups is 1. The molecule has 6 heteroatoms. The van der Waals surface area contributed by atoms with Crippen LogP contribution >= 0.6 is 24.0 Å². The number of nitrogens with one attached hydrogen (secondary N) is 2. The van der Waals surface area contributed by atoms with Crippen molar-refractivity contribution < 1.29 is 9.47 Å². The summed E-state index contributed by atoms with van der Waals surface area (Å²) in [7, 11) is 0. The van der Waals surface area contributed by atoms with Crippen molar-refractivity contribution >= 4 is 29.9 Å². The highest BCUT2D eigenvalue weighted by atomic mass is 127. The lowest BCUT2D eigenvalue weighted by Gasteiger charge is -2.12. The van der Waals surface area contributed by atoms with E-state index in [-0.39, 0.29) is 24.0 Å². The second kappa shape index (κ2) is 15.4. The van der Waals surface area contributed by atoms with Crippen molar-refractivity contribution in [3.8, 4) is 0 Å². The van der Waals surface area contributed by atoms with Gasteiger partial charge in [0.25, 0.3) is 0 Å². The summed E-state index contributed by atoms with van der Waals surface area (Å²) in [5.41, 5.74) is 0. The van der Waals surface area contributed by atoms with Gasteiger partial charge in [0.15, 0.2) is 5.96 Å². The highest BCUT2D eigenvalue weighted by Crippen LogP contribution is 2.28. The molecule has 2 N–H and O–H groups in total. The second-order valence-electron chi connectivity index (χ2n) is 6.35.